The maximum atomic E-state index is 14.2. The van der Waals surface area contributed by atoms with Crippen LogP contribution in [0.4, 0.5) is 10.2 Å². The Morgan fingerprint density at radius 1 is 1.15 bits per heavy atom. The van der Waals surface area contributed by atoms with Gasteiger partial charge in [-0.1, -0.05) is 18.2 Å². The molecular weight excluding hydrogens is 433 g/mol. The minimum atomic E-state index is -0.692. The summed E-state index contributed by atoms with van der Waals surface area (Å²) in [5, 5.41) is 6.14. The van der Waals surface area contributed by atoms with E-state index in [0.717, 1.165) is 17.0 Å². The first-order valence-corrected chi connectivity index (χ1v) is 11.2. The van der Waals surface area contributed by atoms with Crippen LogP contribution in [0.15, 0.2) is 87.9 Å². The van der Waals surface area contributed by atoms with E-state index in [1.807, 2.05) is 19.1 Å². The SMILES string of the molecule is CC1=C(C(=O)Nc2ccc(C)cn2)[C@H](c2cccc(F)c2)C2=C(C[C@H](c3ccco3)CC2=O)N1. The third kappa shape index (κ3) is 4.05. The zero-order chi connectivity index (χ0) is 23.8. The second kappa shape index (κ2) is 8.74. The van der Waals surface area contributed by atoms with Gasteiger partial charge in [0.2, 0.25) is 0 Å². The average molecular weight is 458 g/mol. The number of amides is 1. The summed E-state index contributed by atoms with van der Waals surface area (Å²) in [5.74, 6) is -0.531. The van der Waals surface area contributed by atoms with Gasteiger partial charge in [0.1, 0.15) is 17.4 Å². The number of ketones is 1. The number of halogens is 1. The van der Waals surface area contributed by atoms with E-state index in [-0.39, 0.29) is 24.0 Å². The van der Waals surface area contributed by atoms with Crippen molar-refractivity contribution >= 4 is 17.5 Å². The van der Waals surface area contributed by atoms with Crippen molar-refractivity contribution in [1.29, 1.82) is 0 Å². The predicted octanol–water partition coefficient (Wildman–Crippen LogP) is 5.12. The molecule has 0 bridgehead atoms. The first-order chi connectivity index (χ1) is 16.4. The van der Waals surface area contributed by atoms with Crippen molar-refractivity contribution in [2.45, 2.75) is 38.5 Å². The van der Waals surface area contributed by atoms with Crippen molar-refractivity contribution in [2.75, 3.05) is 5.32 Å². The molecule has 0 saturated heterocycles. The fourth-order valence-corrected chi connectivity index (χ4v) is 4.81. The molecule has 1 aliphatic heterocycles. The predicted molar refractivity (Wildman–Crippen MR) is 125 cm³/mol. The lowest BCUT2D eigenvalue weighted by molar-refractivity contribution is -0.116. The topological polar surface area (TPSA) is 84.2 Å². The van der Waals surface area contributed by atoms with Crippen LogP contribution in [0.2, 0.25) is 0 Å². The van der Waals surface area contributed by atoms with E-state index in [1.165, 1.54) is 12.1 Å². The number of rotatable bonds is 4. The van der Waals surface area contributed by atoms with Crippen LogP contribution < -0.4 is 10.6 Å². The molecule has 5 rings (SSSR count). The normalized spacial score (nSPS) is 20.1. The number of nitrogens with zero attached hydrogens (tertiary/aromatic N) is 1. The van der Waals surface area contributed by atoms with Crippen LogP contribution in [0.25, 0.3) is 0 Å². The molecule has 0 saturated carbocycles. The van der Waals surface area contributed by atoms with Crippen LogP contribution in [0.1, 0.15) is 48.5 Å². The standard InChI is InChI=1S/C27H24FN3O3/c1-15-8-9-23(29-14-15)31-27(33)24-16(2)30-20-12-18(22-7-4-10-34-22)13-21(32)26(20)25(24)17-5-3-6-19(28)11-17/h3-11,14,18,25,30H,12-13H2,1-2H3,(H,29,31,33)/t18-,25-/m0/s1. The molecule has 2 aromatic heterocycles. The van der Waals surface area contributed by atoms with Crippen molar-refractivity contribution in [2.24, 2.45) is 0 Å². The Hall–Kier alpha value is -4.00. The zero-order valence-corrected chi connectivity index (χ0v) is 18.9. The quantitative estimate of drug-likeness (QED) is 0.568. The molecule has 172 valence electrons. The molecule has 3 heterocycles. The minimum Gasteiger partial charge on any atom is -0.469 e. The number of aromatic nitrogens is 1. The average Bonchev–Trinajstić information content (AvgIpc) is 3.34. The monoisotopic (exact) mass is 457 g/mol. The van der Waals surface area contributed by atoms with E-state index in [9.17, 15) is 14.0 Å². The van der Waals surface area contributed by atoms with Crippen LogP contribution >= 0.6 is 0 Å². The van der Waals surface area contributed by atoms with E-state index in [1.54, 1.807) is 43.6 Å². The number of hydrogen-bond donors (Lipinski definition) is 2. The molecule has 2 atom stereocenters. The third-order valence-electron chi connectivity index (χ3n) is 6.35. The summed E-state index contributed by atoms with van der Waals surface area (Å²) in [6.07, 6.45) is 4.08. The van der Waals surface area contributed by atoms with Crippen LogP contribution in [-0.4, -0.2) is 16.7 Å². The number of anilines is 1. The summed E-state index contributed by atoms with van der Waals surface area (Å²) in [6.45, 7) is 3.71. The lowest BCUT2D eigenvalue weighted by Crippen LogP contribution is -2.37. The van der Waals surface area contributed by atoms with Crippen molar-refractivity contribution in [3.8, 4) is 0 Å². The van der Waals surface area contributed by atoms with Gasteiger partial charge < -0.3 is 15.1 Å². The van der Waals surface area contributed by atoms with Crippen molar-refractivity contribution in [3.05, 3.63) is 106 Å². The number of allylic oxidation sites excluding steroid dienone is 3. The van der Waals surface area contributed by atoms with E-state index in [2.05, 4.69) is 15.6 Å². The van der Waals surface area contributed by atoms with Gasteiger partial charge in [-0.25, -0.2) is 9.37 Å². The van der Waals surface area contributed by atoms with Gasteiger partial charge in [-0.05, 0) is 61.7 Å². The van der Waals surface area contributed by atoms with Gasteiger partial charge >= 0.3 is 0 Å². The molecule has 2 aliphatic rings. The smallest absolute Gasteiger partial charge is 0.255 e. The molecule has 6 nitrogen and oxygen atoms in total. The van der Waals surface area contributed by atoms with Crippen LogP contribution in [0.3, 0.4) is 0 Å². The first-order valence-electron chi connectivity index (χ1n) is 11.2. The summed E-state index contributed by atoms with van der Waals surface area (Å²) < 4.78 is 19.8. The summed E-state index contributed by atoms with van der Waals surface area (Å²) in [5.41, 5.74) is 3.76. The Bertz CT molecular complexity index is 1320. The maximum Gasteiger partial charge on any atom is 0.255 e. The highest BCUT2D eigenvalue weighted by atomic mass is 19.1. The molecule has 3 aromatic rings. The number of Topliss-reactive ketones (excluding diaryl/α,β-unsaturated/α-hetero) is 1. The highest BCUT2D eigenvalue weighted by Crippen LogP contribution is 2.45. The van der Waals surface area contributed by atoms with E-state index < -0.39 is 11.7 Å². The molecule has 1 aromatic carbocycles. The van der Waals surface area contributed by atoms with Crippen LogP contribution in [0.5, 0.6) is 0 Å². The minimum absolute atomic E-state index is 0.0873. The summed E-state index contributed by atoms with van der Waals surface area (Å²) >= 11 is 0. The number of pyridine rings is 1. The highest BCUT2D eigenvalue weighted by molar-refractivity contribution is 6.09. The van der Waals surface area contributed by atoms with Gasteiger partial charge in [0.15, 0.2) is 5.78 Å². The number of carbonyl (C=O) groups is 2. The zero-order valence-electron chi connectivity index (χ0n) is 18.9. The fourth-order valence-electron chi connectivity index (χ4n) is 4.81. The van der Waals surface area contributed by atoms with Gasteiger partial charge in [-0.3, -0.25) is 9.59 Å². The Morgan fingerprint density at radius 2 is 2.00 bits per heavy atom. The number of furan rings is 1. The summed E-state index contributed by atoms with van der Waals surface area (Å²) in [6, 6.07) is 13.3. The second-order valence-corrected chi connectivity index (χ2v) is 8.76. The fraction of sp³-hybridized carbons (Fsp3) is 0.222. The molecule has 0 spiro atoms. The van der Waals surface area contributed by atoms with Gasteiger partial charge in [0.25, 0.3) is 5.91 Å². The van der Waals surface area contributed by atoms with Crippen molar-refractivity contribution in [1.82, 2.24) is 10.3 Å². The molecule has 0 unspecified atom stereocenters. The first kappa shape index (κ1) is 21.8. The lowest BCUT2D eigenvalue weighted by atomic mass is 9.72. The van der Waals surface area contributed by atoms with Crippen molar-refractivity contribution in [3.63, 3.8) is 0 Å². The van der Waals surface area contributed by atoms with Gasteiger partial charge in [0.05, 0.1) is 6.26 Å². The Balaban J connectivity index is 1.56. The third-order valence-corrected chi connectivity index (χ3v) is 6.35. The molecule has 0 radical (unpaired) electrons. The summed E-state index contributed by atoms with van der Waals surface area (Å²) in [4.78, 5) is 31.2. The largest absolute Gasteiger partial charge is 0.469 e. The molecule has 1 aliphatic carbocycles. The van der Waals surface area contributed by atoms with Crippen LogP contribution in [-0.2, 0) is 9.59 Å². The number of aryl methyl sites for hydroxylation is 1. The molecular formula is C27H24FN3O3. The van der Waals surface area contributed by atoms with E-state index in [4.69, 9.17) is 4.42 Å². The van der Waals surface area contributed by atoms with Gasteiger partial charge in [0, 0.05) is 47.0 Å². The molecule has 1 amide bonds. The number of nitrogens with one attached hydrogen (secondary N) is 2. The number of hydrogen-bond acceptors (Lipinski definition) is 5. The number of dihydropyridines is 1. The maximum absolute atomic E-state index is 14.2. The van der Waals surface area contributed by atoms with Gasteiger partial charge in [-0.2, -0.15) is 0 Å². The number of carbonyl (C=O) groups excluding carboxylic acids is 2. The summed E-state index contributed by atoms with van der Waals surface area (Å²) in [7, 11) is 0. The number of benzene rings is 1. The lowest BCUT2D eigenvalue weighted by Gasteiger charge is -2.36. The Kier molecular flexibility index (Phi) is 5.61. The molecule has 2 N–H and O–H groups in total. The van der Waals surface area contributed by atoms with Crippen LogP contribution in [0, 0.1) is 12.7 Å². The van der Waals surface area contributed by atoms with Gasteiger partial charge in [-0.15, -0.1) is 0 Å². The molecule has 7 heteroatoms. The Labute approximate surface area is 196 Å². The van der Waals surface area contributed by atoms with Crippen molar-refractivity contribution < 1.29 is 18.4 Å². The van der Waals surface area contributed by atoms with E-state index in [0.29, 0.717) is 34.6 Å². The second-order valence-electron chi connectivity index (χ2n) is 8.76. The Morgan fingerprint density at radius 3 is 2.71 bits per heavy atom. The highest BCUT2D eigenvalue weighted by Gasteiger charge is 2.41. The molecule has 0 fully saturated rings. The van der Waals surface area contributed by atoms with E-state index >= 15 is 0 Å². The molecule has 34 heavy (non-hydrogen) atoms.